The molecule has 1 N–H and O–H groups in total. The number of carbonyl (C=O) groups is 1. The summed E-state index contributed by atoms with van der Waals surface area (Å²) >= 11 is 0. The highest BCUT2D eigenvalue weighted by Gasteiger charge is 2.33. The number of carboxylic acids is 1. The van der Waals surface area contributed by atoms with Crippen LogP contribution in [0.15, 0.2) is 78.9 Å². The molecular formula is C27H26F3NO2. The van der Waals surface area contributed by atoms with E-state index in [1.165, 1.54) is 12.1 Å². The predicted octanol–water partition coefficient (Wildman–Crippen LogP) is 6.80. The van der Waals surface area contributed by atoms with Crippen LogP contribution in [-0.4, -0.2) is 22.5 Å². The highest BCUT2D eigenvalue weighted by molar-refractivity contribution is 5.67. The zero-order valence-corrected chi connectivity index (χ0v) is 18.1. The summed E-state index contributed by atoms with van der Waals surface area (Å²) in [7, 11) is 0. The lowest BCUT2D eigenvalue weighted by Gasteiger charge is -2.39. The average Bonchev–Trinajstić information content (AvgIpc) is 2.80. The summed E-state index contributed by atoms with van der Waals surface area (Å²) in [6, 6.07) is 23.6. The van der Waals surface area contributed by atoms with Crippen LogP contribution in [0.1, 0.15) is 42.0 Å². The van der Waals surface area contributed by atoms with Crippen molar-refractivity contribution in [2.45, 2.75) is 38.0 Å². The fourth-order valence-corrected chi connectivity index (χ4v) is 4.62. The van der Waals surface area contributed by atoms with E-state index in [0.29, 0.717) is 19.5 Å². The lowest BCUT2D eigenvalue weighted by atomic mass is 9.84. The van der Waals surface area contributed by atoms with Gasteiger partial charge in [-0.3, -0.25) is 9.69 Å². The molecule has 0 saturated carbocycles. The van der Waals surface area contributed by atoms with Gasteiger partial charge in [-0.15, -0.1) is 0 Å². The van der Waals surface area contributed by atoms with Crippen molar-refractivity contribution in [3.05, 3.63) is 95.6 Å². The summed E-state index contributed by atoms with van der Waals surface area (Å²) < 4.78 is 39.0. The van der Waals surface area contributed by atoms with E-state index in [9.17, 15) is 23.1 Å². The van der Waals surface area contributed by atoms with Crippen molar-refractivity contribution in [2.75, 3.05) is 6.54 Å². The molecule has 6 heteroatoms. The van der Waals surface area contributed by atoms with Gasteiger partial charge in [0.1, 0.15) is 0 Å². The van der Waals surface area contributed by atoms with Gasteiger partial charge in [-0.05, 0) is 59.7 Å². The Balaban J connectivity index is 1.54. The minimum Gasteiger partial charge on any atom is -0.481 e. The van der Waals surface area contributed by atoms with Gasteiger partial charge >= 0.3 is 12.1 Å². The Labute approximate surface area is 191 Å². The van der Waals surface area contributed by atoms with E-state index in [1.807, 2.05) is 18.2 Å². The van der Waals surface area contributed by atoms with Crippen LogP contribution >= 0.6 is 0 Å². The molecule has 0 bridgehead atoms. The Morgan fingerprint density at radius 3 is 2.15 bits per heavy atom. The van der Waals surface area contributed by atoms with Crippen LogP contribution in [0.3, 0.4) is 0 Å². The SMILES string of the molecule is O=C(O)C[C@@H]1CCN(Cc2ccc(-c3ccccc3)cc2)[C@H](c2ccc(C(F)(F)F)cc2)C1. The molecular weight excluding hydrogens is 427 g/mol. The lowest BCUT2D eigenvalue weighted by Crippen LogP contribution is -2.37. The van der Waals surface area contributed by atoms with Crippen LogP contribution in [0.4, 0.5) is 13.2 Å². The Morgan fingerprint density at radius 2 is 1.55 bits per heavy atom. The maximum Gasteiger partial charge on any atom is 0.416 e. The number of piperidine rings is 1. The van der Waals surface area contributed by atoms with Crippen molar-refractivity contribution < 1.29 is 23.1 Å². The van der Waals surface area contributed by atoms with Crippen LogP contribution < -0.4 is 0 Å². The second kappa shape index (κ2) is 9.79. The van der Waals surface area contributed by atoms with E-state index in [4.69, 9.17) is 0 Å². The zero-order valence-electron chi connectivity index (χ0n) is 18.1. The second-order valence-corrected chi connectivity index (χ2v) is 8.66. The molecule has 172 valence electrons. The molecule has 0 spiro atoms. The van der Waals surface area contributed by atoms with Crippen molar-refractivity contribution in [1.82, 2.24) is 4.90 Å². The molecule has 0 aromatic heterocycles. The molecule has 1 aliphatic rings. The molecule has 1 fully saturated rings. The van der Waals surface area contributed by atoms with Crippen molar-refractivity contribution in [1.29, 1.82) is 0 Å². The monoisotopic (exact) mass is 453 g/mol. The smallest absolute Gasteiger partial charge is 0.416 e. The molecule has 0 unspecified atom stereocenters. The highest BCUT2D eigenvalue weighted by Crippen LogP contribution is 2.38. The van der Waals surface area contributed by atoms with Crippen LogP contribution in [-0.2, 0) is 17.5 Å². The predicted molar refractivity (Wildman–Crippen MR) is 121 cm³/mol. The summed E-state index contributed by atoms with van der Waals surface area (Å²) in [5.41, 5.74) is 3.49. The van der Waals surface area contributed by atoms with Gasteiger partial charge in [0.2, 0.25) is 0 Å². The van der Waals surface area contributed by atoms with Gasteiger partial charge in [0.25, 0.3) is 0 Å². The third kappa shape index (κ3) is 5.82. The largest absolute Gasteiger partial charge is 0.481 e. The van der Waals surface area contributed by atoms with Crippen molar-refractivity contribution >= 4 is 5.97 Å². The summed E-state index contributed by atoms with van der Waals surface area (Å²) in [6.07, 6.45) is -2.93. The number of halogens is 3. The number of hydrogen-bond donors (Lipinski definition) is 1. The summed E-state index contributed by atoms with van der Waals surface area (Å²) in [5.74, 6) is -0.831. The third-order valence-corrected chi connectivity index (χ3v) is 6.35. The summed E-state index contributed by atoms with van der Waals surface area (Å²) in [4.78, 5) is 13.5. The molecule has 4 rings (SSSR count). The zero-order chi connectivity index (χ0) is 23.4. The molecule has 3 nitrogen and oxygen atoms in total. The summed E-state index contributed by atoms with van der Waals surface area (Å²) in [5, 5.41) is 9.23. The number of alkyl halides is 3. The van der Waals surface area contributed by atoms with Crippen molar-refractivity contribution in [3.8, 4) is 11.1 Å². The van der Waals surface area contributed by atoms with E-state index in [1.54, 1.807) is 0 Å². The van der Waals surface area contributed by atoms with E-state index < -0.39 is 17.7 Å². The molecule has 0 radical (unpaired) electrons. The van der Waals surface area contributed by atoms with E-state index in [0.717, 1.165) is 40.8 Å². The lowest BCUT2D eigenvalue weighted by molar-refractivity contribution is -0.139. The van der Waals surface area contributed by atoms with Crippen LogP contribution in [0.2, 0.25) is 0 Å². The topological polar surface area (TPSA) is 40.5 Å². The average molecular weight is 454 g/mol. The number of benzene rings is 3. The number of likely N-dealkylation sites (tertiary alicyclic amines) is 1. The van der Waals surface area contributed by atoms with E-state index in [-0.39, 0.29) is 18.4 Å². The van der Waals surface area contributed by atoms with Gasteiger partial charge in [0.15, 0.2) is 0 Å². The first-order chi connectivity index (χ1) is 15.8. The number of hydrogen-bond acceptors (Lipinski definition) is 2. The van der Waals surface area contributed by atoms with Gasteiger partial charge in [0.05, 0.1) is 5.56 Å². The van der Waals surface area contributed by atoms with Crippen LogP contribution in [0.25, 0.3) is 11.1 Å². The molecule has 1 heterocycles. The highest BCUT2D eigenvalue weighted by atomic mass is 19.4. The van der Waals surface area contributed by atoms with Gasteiger partial charge < -0.3 is 5.11 Å². The Kier molecular flexibility index (Phi) is 6.84. The first kappa shape index (κ1) is 23.1. The van der Waals surface area contributed by atoms with Gasteiger partial charge in [-0.1, -0.05) is 66.7 Å². The van der Waals surface area contributed by atoms with Crippen molar-refractivity contribution in [2.24, 2.45) is 5.92 Å². The van der Waals surface area contributed by atoms with E-state index in [2.05, 4.69) is 41.3 Å². The van der Waals surface area contributed by atoms with Crippen LogP contribution in [0, 0.1) is 5.92 Å². The first-order valence-corrected chi connectivity index (χ1v) is 11.1. The molecule has 3 aromatic carbocycles. The number of rotatable bonds is 6. The van der Waals surface area contributed by atoms with Gasteiger partial charge in [0, 0.05) is 19.0 Å². The van der Waals surface area contributed by atoms with E-state index >= 15 is 0 Å². The third-order valence-electron chi connectivity index (χ3n) is 6.35. The number of aliphatic carboxylic acids is 1. The van der Waals surface area contributed by atoms with Crippen molar-refractivity contribution in [3.63, 3.8) is 0 Å². The Hall–Kier alpha value is -3.12. The molecule has 0 amide bonds. The van der Waals surface area contributed by atoms with Gasteiger partial charge in [-0.2, -0.15) is 13.2 Å². The quantitative estimate of drug-likeness (QED) is 0.446. The minimum absolute atomic E-state index is 0.00602. The number of carboxylic acid groups (broad SMARTS) is 1. The van der Waals surface area contributed by atoms with Crippen LogP contribution in [0.5, 0.6) is 0 Å². The Morgan fingerprint density at radius 1 is 0.909 bits per heavy atom. The van der Waals surface area contributed by atoms with Gasteiger partial charge in [-0.25, -0.2) is 0 Å². The minimum atomic E-state index is -4.38. The normalized spacial score (nSPS) is 19.4. The summed E-state index contributed by atoms with van der Waals surface area (Å²) in [6.45, 7) is 1.35. The fraction of sp³-hybridized carbons (Fsp3) is 0.296. The number of nitrogens with zero attached hydrogens (tertiary/aromatic N) is 1. The Bertz CT molecular complexity index is 1060. The maximum absolute atomic E-state index is 13.0. The molecule has 1 saturated heterocycles. The fourth-order valence-electron chi connectivity index (χ4n) is 4.62. The molecule has 1 aliphatic heterocycles. The maximum atomic E-state index is 13.0. The second-order valence-electron chi connectivity index (χ2n) is 8.66. The first-order valence-electron chi connectivity index (χ1n) is 11.1. The molecule has 2 atom stereocenters. The molecule has 33 heavy (non-hydrogen) atoms. The standard InChI is InChI=1S/C27H26F3NO2/c28-27(29,30)24-12-10-23(11-13-24)25-16-20(17-26(32)33)14-15-31(25)18-19-6-8-22(9-7-19)21-4-2-1-3-5-21/h1-13,20,25H,14-18H2,(H,32,33)/t20-,25+/m1/s1. The molecule has 3 aromatic rings. The molecule has 0 aliphatic carbocycles.